The van der Waals surface area contributed by atoms with Gasteiger partial charge in [0.25, 0.3) is 5.91 Å². The number of halogens is 2. The average molecular weight is 413 g/mol. The van der Waals surface area contributed by atoms with Crippen LogP contribution in [0.1, 0.15) is 36.0 Å². The molecule has 7 nitrogen and oxygen atoms in total. The second-order valence-corrected chi connectivity index (χ2v) is 6.54. The van der Waals surface area contributed by atoms with E-state index in [4.69, 9.17) is 0 Å². The maximum absolute atomic E-state index is 12.2. The van der Waals surface area contributed by atoms with E-state index in [1.807, 2.05) is 25.1 Å². The van der Waals surface area contributed by atoms with Gasteiger partial charge >= 0.3 is 0 Å². The van der Waals surface area contributed by atoms with Crippen molar-refractivity contribution in [1.82, 2.24) is 20.3 Å². The molecule has 2 aromatic rings. The van der Waals surface area contributed by atoms with E-state index in [-0.39, 0.29) is 36.8 Å². The molecule has 0 saturated heterocycles. The largest absolute Gasteiger partial charge is 0.363 e. The third-order valence-electron chi connectivity index (χ3n) is 4.42. The van der Waals surface area contributed by atoms with Crippen LogP contribution < -0.4 is 15.5 Å². The van der Waals surface area contributed by atoms with Crippen molar-refractivity contribution in [1.29, 1.82) is 0 Å². The second-order valence-electron chi connectivity index (χ2n) is 6.54. The Morgan fingerprint density at radius 2 is 1.78 bits per heavy atom. The van der Waals surface area contributed by atoms with Gasteiger partial charge in [0.2, 0.25) is 5.95 Å². The van der Waals surface area contributed by atoms with Crippen LogP contribution in [0.3, 0.4) is 0 Å². The maximum atomic E-state index is 12.2. The van der Waals surface area contributed by atoms with Crippen LogP contribution in [0.25, 0.3) is 0 Å². The smallest absolute Gasteiger partial charge is 0.253 e. The first-order chi connectivity index (χ1) is 12.1. The molecule has 2 heterocycles. The van der Waals surface area contributed by atoms with E-state index in [1.165, 1.54) is 0 Å². The number of aromatic nitrogens is 3. The van der Waals surface area contributed by atoms with Gasteiger partial charge in [0.15, 0.2) is 0 Å². The van der Waals surface area contributed by atoms with Crippen molar-refractivity contribution < 1.29 is 4.79 Å². The van der Waals surface area contributed by atoms with E-state index < -0.39 is 0 Å². The summed E-state index contributed by atoms with van der Waals surface area (Å²) in [6, 6.07) is 5.99. The van der Waals surface area contributed by atoms with Gasteiger partial charge in [-0.2, -0.15) is 4.98 Å². The number of amides is 1. The summed E-state index contributed by atoms with van der Waals surface area (Å²) >= 11 is 0. The predicted octanol–water partition coefficient (Wildman–Crippen LogP) is 2.93. The Hall–Kier alpha value is -2.12. The number of nitrogens with zero attached hydrogens (tertiary/aromatic N) is 4. The minimum atomic E-state index is -0.0495. The minimum absolute atomic E-state index is 0. The highest BCUT2D eigenvalue weighted by Crippen LogP contribution is 2.22. The molecule has 0 atom stereocenters. The molecular weight excluding hydrogens is 387 g/mol. The van der Waals surface area contributed by atoms with Gasteiger partial charge in [-0.15, -0.1) is 24.8 Å². The Balaban J connectivity index is 0.00000182. The second kappa shape index (κ2) is 10.9. The van der Waals surface area contributed by atoms with Gasteiger partial charge in [0.05, 0.1) is 5.56 Å². The minimum Gasteiger partial charge on any atom is -0.363 e. The van der Waals surface area contributed by atoms with Crippen molar-refractivity contribution in [3.63, 3.8) is 0 Å². The first-order valence-electron chi connectivity index (χ1n) is 8.59. The van der Waals surface area contributed by atoms with Crippen molar-refractivity contribution in [2.24, 2.45) is 0 Å². The highest BCUT2D eigenvalue weighted by Gasteiger charge is 2.23. The molecule has 1 aliphatic rings. The lowest BCUT2D eigenvalue weighted by molar-refractivity contribution is 0.0926. The van der Waals surface area contributed by atoms with Crippen LogP contribution in [-0.4, -0.2) is 47.0 Å². The summed E-state index contributed by atoms with van der Waals surface area (Å²) in [4.78, 5) is 26.9. The summed E-state index contributed by atoms with van der Waals surface area (Å²) in [5.74, 6) is 1.50. The molecule has 1 saturated carbocycles. The molecule has 1 fully saturated rings. The zero-order valence-electron chi connectivity index (χ0n) is 15.5. The van der Waals surface area contributed by atoms with Gasteiger partial charge in [-0.3, -0.25) is 9.78 Å². The number of hydrogen-bond donors (Lipinski definition) is 2. The zero-order chi connectivity index (χ0) is 17.6. The van der Waals surface area contributed by atoms with Crippen LogP contribution in [0.4, 0.5) is 11.8 Å². The molecule has 0 spiro atoms. The van der Waals surface area contributed by atoms with Crippen LogP contribution in [-0.2, 0) is 0 Å². The van der Waals surface area contributed by atoms with Crippen LogP contribution in [0.2, 0.25) is 0 Å². The van der Waals surface area contributed by atoms with Gasteiger partial charge < -0.3 is 15.5 Å². The summed E-state index contributed by atoms with van der Waals surface area (Å²) in [7, 11) is 3.92. The highest BCUT2D eigenvalue weighted by atomic mass is 35.5. The first kappa shape index (κ1) is 22.9. The highest BCUT2D eigenvalue weighted by molar-refractivity contribution is 5.94. The van der Waals surface area contributed by atoms with E-state index in [9.17, 15) is 4.79 Å². The first-order valence-corrected chi connectivity index (χ1v) is 8.59. The Bertz CT molecular complexity index is 708. The Kier molecular flexibility index (Phi) is 9.25. The Morgan fingerprint density at radius 3 is 2.41 bits per heavy atom. The van der Waals surface area contributed by atoms with Gasteiger partial charge in [0.1, 0.15) is 5.82 Å². The van der Waals surface area contributed by atoms with Gasteiger partial charge in [-0.05, 0) is 43.9 Å². The predicted molar refractivity (Wildman–Crippen MR) is 112 cm³/mol. The number of carbonyl (C=O) groups is 1. The number of pyridine rings is 1. The normalized spacial score (nSPS) is 18.4. The van der Waals surface area contributed by atoms with E-state index in [1.54, 1.807) is 30.7 Å². The van der Waals surface area contributed by atoms with E-state index in [0.717, 1.165) is 31.5 Å². The van der Waals surface area contributed by atoms with Crippen molar-refractivity contribution in [3.8, 4) is 0 Å². The maximum Gasteiger partial charge on any atom is 0.253 e. The number of hydrogen-bond acceptors (Lipinski definition) is 6. The molecule has 148 valence electrons. The SMILES string of the molecule is CN(C)c1ccnc(N[C@H]2CC[C@@H](NC(=O)c3cccnc3)CC2)n1.Cl.Cl. The molecule has 27 heavy (non-hydrogen) atoms. The molecule has 1 aliphatic carbocycles. The fourth-order valence-electron chi connectivity index (χ4n) is 3.00. The Labute approximate surface area is 172 Å². The van der Waals surface area contributed by atoms with E-state index >= 15 is 0 Å². The average Bonchev–Trinajstić information content (AvgIpc) is 2.64. The summed E-state index contributed by atoms with van der Waals surface area (Å²) in [6.45, 7) is 0. The van der Waals surface area contributed by atoms with E-state index in [0.29, 0.717) is 17.6 Å². The van der Waals surface area contributed by atoms with Crippen LogP contribution >= 0.6 is 24.8 Å². The van der Waals surface area contributed by atoms with Crippen molar-refractivity contribution in [2.75, 3.05) is 24.3 Å². The van der Waals surface area contributed by atoms with Gasteiger partial charge in [-0.25, -0.2) is 4.98 Å². The molecule has 0 unspecified atom stereocenters. The van der Waals surface area contributed by atoms with Crippen LogP contribution in [0.15, 0.2) is 36.8 Å². The quantitative estimate of drug-likeness (QED) is 0.785. The number of nitrogens with one attached hydrogen (secondary N) is 2. The topological polar surface area (TPSA) is 83.0 Å². The molecular formula is C18H26Cl2N6O. The number of carbonyl (C=O) groups excluding carboxylic acids is 1. The van der Waals surface area contributed by atoms with Gasteiger partial charge in [-0.1, -0.05) is 0 Å². The third kappa shape index (κ3) is 6.52. The summed E-state index contributed by atoms with van der Waals surface area (Å²) in [5, 5.41) is 6.51. The molecule has 2 aromatic heterocycles. The molecule has 0 aromatic carbocycles. The van der Waals surface area contributed by atoms with E-state index in [2.05, 4.69) is 25.6 Å². The zero-order valence-corrected chi connectivity index (χ0v) is 17.1. The number of rotatable bonds is 5. The molecule has 9 heteroatoms. The van der Waals surface area contributed by atoms with Gasteiger partial charge in [0, 0.05) is 44.8 Å². The lowest BCUT2D eigenvalue weighted by Gasteiger charge is -2.29. The molecule has 2 N–H and O–H groups in total. The van der Waals surface area contributed by atoms with Crippen LogP contribution in [0, 0.1) is 0 Å². The molecule has 0 radical (unpaired) electrons. The van der Waals surface area contributed by atoms with Crippen molar-refractivity contribution in [2.45, 2.75) is 37.8 Å². The monoisotopic (exact) mass is 412 g/mol. The summed E-state index contributed by atoms with van der Waals surface area (Å²) in [6.07, 6.45) is 8.87. The third-order valence-corrected chi connectivity index (χ3v) is 4.42. The fraction of sp³-hybridized carbons (Fsp3) is 0.444. The molecule has 0 aliphatic heterocycles. The lowest BCUT2D eigenvalue weighted by atomic mass is 9.91. The number of anilines is 2. The fourth-order valence-corrected chi connectivity index (χ4v) is 3.00. The van der Waals surface area contributed by atoms with Crippen LogP contribution in [0.5, 0.6) is 0 Å². The van der Waals surface area contributed by atoms with Crippen molar-refractivity contribution in [3.05, 3.63) is 42.4 Å². The lowest BCUT2D eigenvalue weighted by Crippen LogP contribution is -2.40. The molecule has 3 rings (SSSR count). The van der Waals surface area contributed by atoms with Crippen molar-refractivity contribution >= 4 is 42.5 Å². The molecule has 1 amide bonds. The molecule has 0 bridgehead atoms. The Morgan fingerprint density at radius 1 is 1.07 bits per heavy atom. The summed E-state index contributed by atoms with van der Waals surface area (Å²) < 4.78 is 0. The standard InChI is InChI=1S/C18H24N6O.2ClH/c1-24(2)16-9-11-20-18(23-16)22-15-7-5-14(6-8-15)21-17(25)13-4-3-10-19-12-13;;/h3-4,9-12,14-15H,5-8H2,1-2H3,(H,21,25)(H,20,22,23);2*1H/t14-,15+;;. The summed E-state index contributed by atoms with van der Waals surface area (Å²) in [5.41, 5.74) is 0.608.